The minimum absolute atomic E-state index is 0.197. The Morgan fingerprint density at radius 3 is 3.00 bits per heavy atom. The molecule has 0 radical (unpaired) electrons. The van der Waals surface area contributed by atoms with Crippen molar-refractivity contribution < 1.29 is 4.79 Å². The van der Waals surface area contributed by atoms with Gasteiger partial charge < -0.3 is 4.79 Å². The third kappa shape index (κ3) is 3.18. The van der Waals surface area contributed by atoms with E-state index in [1.165, 1.54) is 0 Å². The molecular formula is C4H7N3O. The van der Waals surface area contributed by atoms with Crippen molar-refractivity contribution in [2.24, 2.45) is 5.11 Å². The van der Waals surface area contributed by atoms with Gasteiger partial charge >= 0.3 is 0 Å². The van der Waals surface area contributed by atoms with Crippen molar-refractivity contribution in [2.45, 2.75) is 19.4 Å². The smallest absolute Gasteiger partial charge is 0.120 e. The number of carbonyl (C=O) groups excluding carboxylic acids is 1. The Kier molecular flexibility index (Phi) is 3.62. The SMILES string of the molecule is CC(CC=O)N=[N+]=[N-]. The first-order chi connectivity index (χ1) is 3.81. The normalized spacial score (nSPS) is 11.6. The zero-order chi connectivity index (χ0) is 6.41. The van der Waals surface area contributed by atoms with Gasteiger partial charge in [-0.3, -0.25) is 0 Å². The predicted octanol–water partition coefficient (Wildman–Crippen LogP) is 1.27. The van der Waals surface area contributed by atoms with E-state index in [-0.39, 0.29) is 6.04 Å². The minimum atomic E-state index is -0.197. The quantitative estimate of drug-likeness (QED) is 0.235. The number of aldehydes is 1. The summed E-state index contributed by atoms with van der Waals surface area (Å²) < 4.78 is 0. The van der Waals surface area contributed by atoms with Crippen LogP contribution in [0.15, 0.2) is 5.11 Å². The number of hydrogen-bond acceptors (Lipinski definition) is 2. The van der Waals surface area contributed by atoms with Gasteiger partial charge in [0.2, 0.25) is 0 Å². The molecule has 0 fully saturated rings. The van der Waals surface area contributed by atoms with Gasteiger partial charge in [0.15, 0.2) is 0 Å². The minimum Gasteiger partial charge on any atom is -0.303 e. The second-order valence-corrected chi connectivity index (χ2v) is 1.46. The highest BCUT2D eigenvalue weighted by atomic mass is 16.1. The van der Waals surface area contributed by atoms with E-state index in [2.05, 4.69) is 10.0 Å². The highest BCUT2D eigenvalue weighted by Crippen LogP contribution is 1.91. The number of azide groups is 1. The van der Waals surface area contributed by atoms with Crippen LogP contribution in [0, 0.1) is 0 Å². The summed E-state index contributed by atoms with van der Waals surface area (Å²) in [6.07, 6.45) is 1.05. The van der Waals surface area contributed by atoms with Crippen LogP contribution in [0.2, 0.25) is 0 Å². The van der Waals surface area contributed by atoms with Crippen molar-refractivity contribution in [3.05, 3.63) is 10.4 Å². The lowest BCUT2D eigenvalue weighted by Crippen LogP contribution is -1.94. The van der Waals surface area contributed by atoms with Crippen LogP contribution in [0.1, 0.15) is 13.3 Å². The molecule has 0 aromatic rings. The highest BCUT2D eigenvalue weighted by molar-refractivity contribution is 5.50. The van der Waals surface area contributed by atoms with E-state index >= 15 is 0 Å². The summed E-state index contributed by atoms with van der Waals surface area (Å²) in [5.41, 5.74) is 7.81. The Hall–Kier alpha value is -1.02. The lowest BCUT2D eigenvalue weighted by molar-refractivity contribution is -0.108. The molecule has 0 aliphatic carbocycles. The second kappa shape index (κ2) is 4.15. The van der Waals surface area contributed by atoms with Gasteiger partial charge in [0.25, 0.3) is 0 Å². The molecule has 44 valence electrons. The molecule has 0 aromatic heterocycles. The molecular weight excluding hydrogens is 106 g/mol. The molecule has 0 N–H and O–H groups in total. The molecule has 4 heteroatoms. The molecule has 0 heterocycles. The van der Waals surface area contributed by atoms with Crippen LogP contribution < -0.4 is 0 Å². The second-order valence-electron chi connectivity index (χ2n) is 1.46. The molecule has 0 spiro atoms. The van der Waals surface area contributed by atoms with Crippen LogP contribution >= 0.6 is 0 Å². The van der Waals surface area contributed by atoms with Gasteiger partial charge in [-0.25, -0.2) is 0 Å². The summed E-state index contributed by atoms with van der Waals surface area (Å²) in [6, 6.07) is -0.197. The fourth-order valence-corrected chi connectivity index (χ4v) is 0.275. The number of rotatable bonds is 3. The molecule has 0 aliphatic rings. The van der Waals surface area contributed by atoms with Crippen LogP contribution in [0.3, 0.4) is 0 Å². The van der Waals surface area contributed by atoms with E-state index in [0.717, 1.165) is 6.29 Å². The maximum Gasteiger partial charge on any atom is 0.120 e. The maximum absolute atomic E-state index is 9.71. The predicted molar refractivity (Wildman–Crippen MR) is 29.3 cm³/mol. The fourth-order valence-electron chi connectivity index (χ4n) is 0.275. The van der Waals surface area contributed by atoms with Gasteiger partial charge in [0, 0.05) is 17.4 Å². The van der Waals surface area contributed by atoms with Crippen molar-refractivity contribution in [3.8, 4) is 0 Å². The monoisotopic (exact) mass is 113 g/mol. The number of hydrogen-bond donors (Lipinski definition) is 0. The third-order valence-corrected chi connectivity index (χ3v) is 0.686. The molecule has 1 unspecified atom stereocenters. The topological polar surface area (TPSA) is 65.8 Å². The molecule has 0 amide bonds. The van der Waals surface area contributed by atoms with Crippen LogP contribution in [-0.2, 0) is 4.79 Å². The van der Waals surface area contributed by atoms with Crippen LogP contribution in [0.25, 0.3) is 10.4 Å². The van der Waals surface area contributed by atoms with Gasteiger partial charge in [-0.05, 0) is 5.53 Å². The van der Waals surface area contributed by atoms with E-state index in [1.807, 2.05) is 0 Å². The Morgan fingerprint density at radius 2 is 2.62 bits per heavy atom. The third-order valence-electron chi connectivity index (χ3n) is 0.686. The zero-order valence-electron chi connectivity index (χ0n) is 4.61. The van der Waals surface area contributed by atoms with Crippen LogP contribution in [-0.4, -0.2) is 12.3 Å². The van der Waals surface area contributed by atoms with Crippen molar-refractivity contribution in [1.29, 1.82) is 0 Å². The Labute approximate surface area is 47.1 Å². The first-order valence-electron chi connectivity index (χ1n) is 2.29. The van der Waals surface area contributed by atoms with Crippen molar-refractivity contribution >= 4 is 6.29 Å². The van der Waals surface area contributed by atoms with Crippen LogP contribution in [0.5, 0.6) is 0 Å². The van der Waals surface area contributed by atoms with Crippen LogP contribution in [0.4, 0.5) is 0 Å². The summed E-state index contributed by atoms with van der Waals surface area (Å²) >= 11 is 0. The van der Waals surface area contributed by atoms with Gasteiger partial charge in [0.1, 0.15) is 6.29 Å². The molecule has 8 heavy (non-hydrogen) atoms. The zero-order valence-corrected chi connectivity index (χ0v) is 4.61. The standard InChI is InChI=1S/C4H7N3O/c1-4(2-3-8)6-7-5/h3-4H,2H2,1H3. The first kappa shape index (κ1) is 6.98. The molecule has 0 aliphatic heterocycles. The highest BCUT2D eigenvalue weighted by Gasteiger charge is 1.92. The van der Waals surface area contributed by atoms with E-state index in [0.29, 0.717) is 6.42 Å². The van der Waals surface area contributed by atoms with Gasteiger partial charge in [0.05, 0.1) is 0 Å². The largest absolute Gasteiger partial charge is 0.303 e. The Bertz CT molecular complexity index is 116. The number of nitrogens with zero attached hydrogens (tertiary/aromatic N) is 3. The maximum atomic E-state index is 9.71. The molecule has 4 nitrogen and oxygen atoms in total. The molecule has 0 saturated carbocycles. The van der Waals surface area contributed by atoms with Gasteiger partial charge in [-0.2, -0.15) is 0 Å². The molecule has 0 aromatic carbocycles. The Morgan fingerprint density at radius 1 is 2.00 bits per heavy atom. The van der Waals surface area contributed by atoms with Crippen molar-refractivity contribution in [1.82, 2.24) is 0 Å². The van der Waals surface area contributed by atoms with E-state index in [1.54, 1.807) is 6.92 Å². The average molecular weight is 113 g/mol. The van der Waals surface area contributed by atoms with E-state index in [4.69, 9.17) is 5.53 Å². The summed E-state index contributed by atoms with van der Waals surface area (Å²) in [7, 11) is 0. The van der Waals surface area contributed by atoms with Crippen molar-refractivity contribution in [2.75, 3.05) is 0 Å². The van der Waals surface area contributed by atoms with Crippen molar-refractivity contribution in [3.63, 3.8) is 0 Å². The molecule has 0 bridgehead atoms. The Balaban J connectivity index is 3.46. The fraction of sp³-hybridized carbons (Fsp3) is 0.750. The molecule has 1 atom stereocenters. The summed E-state index contributed by atoms with van der Waals surface area (Å²) in [5, 5.41) is 3.26. The lowest BCUT2D eigenvalue weighted by atomic mass is 10.3. The van der Waals surface area contributed by atoms with Gasteiger partial charge in [-0.1, -0.05) is 12.0 Å². The van der Waals surface area contributed by atoms with Gasteiger partial charge in [-0.15, -0.1) is 0 Å². The lowest BCUT2D eigenvalue weighted by Gasteiger charge is -1.91. The molecule has 0 saturated heterocycles. The van der Waals surface area contributed by atoms with E-state index < -0.39 is 0 Å². The summed E-state index contributed by atoms with van der Waals surface area (Å²) in [4.78, 5) is 12.2. The summed E-state index contributed by atoms with van der Waals surface area (Å²) in [6.45, 7) is 1.69. The molecule has 0 rings (SSSR count). The van der Waals surface area contributed by atoms with E-state index in [9.17, 15) is 4.79 Å². The first-order valence-corrected chi connectivity index (χ1v) is 2.29. The average Bonchev–Trinajstić information content (AvgIpc) is 1.68. The summed E-state index contributed by atoms with van der Waals surface area (Å²) in [5.74, 6) is 0. The number of carbonyl (C=O) groups is 1.